The molecule has 0 N–H and O–H groups in total. The van der Waals surface area contributed by atoms with Gasteiger partial charge in [-0.05, 0) is 51.1 Å². The van der Waals surface area contributed by atoms with Crippen molar-refractivity contribution in [3.8, 4) is 11.3 Å². The van der Waals surface area contributed by atoms with E-state index in [1.807, 2.05) is 10.6 Å². The number of aromatic nitrogens is 3. The maximum absolute atomic E-state index is 13.4. The third kappa shape index (κ3) is 8.44. The van der Waals surface area contributed by atoms with E-state index in [-0.39, 0.29) is 12.5 Å². The summed E-state index contributed by atoms with van der Waals surface area (Å²) >= 11 is 6.15. The average Bonchev–Trinajstić information content (AvgIpc) is 3.10. The minimum absolute atomic E-state index is 0.184. The number of pyridine rings is 2. The van der Waals surface area contributed by atoms with Crippen LogP contribution in [0, 0.1) is 0 Å². The van der Waals surface area contributed by atoms with Crippen LogP contribution in [0.2, 0.25) is 30.8 Å². The number of ether oxygens (including phenoxy) is 2. The molecule has 0 spiro atoms. The largest absolute Gasteiger partial charge is 0.443 e. The number of fused-ring (bicyclic) bond motifs is 1. The first-order valence-corrected chi connectivity index (χ1v) is 15.9. The second-order valence-corrected chi connectivity index (χ2v) is 17.0. The van der Waals surface area contributed by atoms with E-state index >= 15 is 0 Å². The van der Waals surface area contributed by atoms with E-state index in [0.29, 0.717) is 27.9 Å². The fourth-order valence-corrected chi connectivity index (χ4v) is 4.41. The van der Waals surface area contributed by atoms with Gasteiger partial charge in [-0.2, -0.15) is 13.2 Å². The van der Waals surface area contributed by atoms with Crippen molar-refractivity contribution in [3.63, 3.8) is 0 Å². The minimum atomic E-state index is -4.66. The first-order valence-electron chi connectivity index (χ1n) is 11.8. The van der Waals surface area contributed by atoms with E-state index < -0.39 is 32.5 Å². The van der Waals surface area contributed by atoms with Gasteiger partial charge in [0, 0.05) is 38.0 Å². The van der Waals surface area contributed by atoms with Crippen LogP contribution >= 0.6 is 11.6 Å². The number of nitrogens with zero attached hydrogens (tertiary/aromatic N) is 4. The molecule has 3 aromatic rings. The van der Waals surface area contributed by atoms with Gasteiger partial charge in [0.25, 0.3) is 0 Å². The zero-order valence-electron chi connectivity index (χ0n) is 21.8. The van der Waals surface area contributed by atoms with Crippen molar-refractivity contribution in [2.45, 2.75) is 65.0 Å². The molecule has 0 aliphatic rings. The van der Waals surface area contributed by atoms with Gasteiger partial charge in [-0.3, -0.25) is 4.90 Å². The number of carbonyl (C=O) groups excluding carboxylic acids is 1. The Balaban J connectivity index is 2.03. The second kappa shape index (κ2) is 11.0. The van der Waals surface area contributed by atoms with Crippen molar-refractivity contribution in [1.82, 2.24) is 14.5 Å². The van der Waals surface area contributed by atoms with Crippen molar-refractivity contribution in [2.75, 3.05) is 18.1 Å². The van der Waals surface area contributed by atoms with Gasteiger partial charge in [-0.1, -0.05) is 31.2 Å². The Morgan fingerprint density at radius 3 is 2.46 bits per heavy atom. The number of anilines is 1. The van der Waals surface area contributed by atoms with Crippen LogP contribution in [0.25, 0.3) is 22.2 Å². The molecule has 0 radical (unpaired) electrons. The standard InChI is InChI=1S/C25H32ClF3N4O3Si/c1-24(2,3)36-23(34)32(15-25(27,28)29)22-12-17(7-8-30-22)19-11-18-14-31-21(26)13-20(18)33(19)16-35-9-10-37(4,5)6/h7-8,11-14H,9-10,15-16H2,1-6H3. The van der Waals surface area contributed by atoms with Crippen LogP contribution in [0.4, 0.5) is 23.8 Å². The molecule has 7 nitrogen and oxygen atoms in total. The maximum Gasteiger partial charge on any atom is 0.416 e. The van der Waals surface area contributed by atoms with Gasteiger partial charge >= 0.3 is 12.3 Å². The smallest absolute Gasteiger partial charge is 0.416 e. The molecule has 0 saturated carbocycles. The highest BCUT2D eigenvalue weighted by Gasteiger charge is 2.36. The topological polar surface area (TPSA) is 69.5 Å². The summed E-state index contributed by atoms with van der Waals surface area (Å²) in [7, 11) is -1.30. The summed E-state index contributed by atoms with van der Waals surface area (Å²) in [6, 6.07) is 7.62. The van der Waals surface area contributed by atoms with Gasteiger partial charge < -0.3 is 14.0 Å². The van der Waals surface area contributed by atoms with Crippen molar-refractivity contribution >= 4 is 42.5 Å². The molecule has 202 valence electrons. The lowest BCUT2D eigenvalue weighted by molar-refractivity contribution is -0.119. The fourth-order valence-electron chi connectivity index (χ4n) is 3.50. The fraction of sp³-hybridized carbons (Fsp3) is 0.480. The molecule has 3 aromatic heterocycles. The van der Waals surface area contributed by atoms with Gasteiger partial charge in [-0.15, -0.1) is 0 Å². The van der Waals surface area contributed by atoms with Gasteiger partial charge in [0.1, 0.15) is 29.8 Å². The number of hydrogen-bond acceptors (Lipinski definition) is 5. The zero-order chi connectivity index (χ0) is 27.6. The SMILES string of the molecule is CC(C)(C)OC(=O)N(CC(F)(F)F)c1cc(-c2cc3cnc(Cl)cc3n2COCC[Si](C)(C)C)ccn1. The summed E-state index contributed by atoms with van der Waals surface area (Å²) < 4.78 is 53.3. The summed E-state index contributed by atoms with van der Waals surface area (Å²) in [4.78, 5) is 21.4. The molecule has 3 heterocycles. The molecule has 0 bridgehead atoms. The Morgan fingerprint density at radius 2 is 1.84 bits per heavy atom. The molecule has 0 aliphatic heterocycles. The molecule has 0 aliphatic carbocycles. The van der Waals surface area contributed by atoms with E-state index in [1.54, 1.807) is 39.1 Å². The lowest BCUT2D eigenvalue weighted by Gasteiger charge is -2.27. The Morgan fingerprint density at radius 1 is 1.14 bits per heavy atom. The van der Waals surface area contributed by atoms with Gasteiger partial charge in [0.15, 0.2) is 0 Å². The summed E-state index contributed by atoms with van der Waals surface area (Å²) in [6.45, 7) is 10.8. The molecule has 0 fully saturated rings. The van der Waals surface area contributed by atoms with Crippen LogP contribution in [0.3, 0.4) is 0 Å². The van der Waals surface area contributed by atoms with Gasteiger partial charge in [-0.25, -0.2) is 14.8 Å². The normalized spacial score (nSPS) is 12.7. The number of hydrogen-bond donors (Lipinski definition) is 0. The van der Waals surface area contributed by atoms with E-state index in [2.05, 4.69) is 29.6 Å². The number of amides is 1. The summed E-state index contributed by atoms with van der Waals surface area (Å²) in [5.74, 6) is -0.184. The lowest BCUT2D eigenvalue weighted by atomic mass is 10.2. The third-order valence-corrected chi connectivity index (χ3v) is 7.15. The van der Waals surface area contributed by atoms with Crippen molar-refractivity contribution in [2.24, 2.45) is 0 Å². The number of carbonyl (C=O) groups is 1. The van der Waals surface area contributed by atoms with E-state index in [4.69, 9.17) is 21.1 Å². The Kier molecular flexibility index (Phi) is 8.60. The average molecular weight is 557 g/mol. The predicted octanol–water partition coefficient (Wildman–Crippen LogP) is 7.37. The summed E-state index contributed by atoms with van der Waals surface area (Å²) in [5.41, 5.74) is 0.985. The number of rotatable bonds is 8. The molecule has 3 rings (SSSR count). The van der Waals surface area contributed by atoms with Crippen molar-refractivity contribution < 1.29 is 27.4 Å². The molecule has 1 amide bonds. The number of alkyl halides is 3. The monoisotopic (exact) mass is 556 g/mol. The summed E-state index contributed by atoms with van der Waals surface area (Å²) in [5, 5.41) is 1.09. The Labute approximate surface area is 220 Å². The van der Waals surface area contributed by atoms with Crippen LogP contribution in [0.15, 0.2) is 36.7 Å². The Hall–Kier alpha value is -2.63. The zero-order valence-corrected chi connectivity index (χ0v) is 23.6. The van der Waals surface area contributed by atoms with Gasteiger partial charge in [0.2, 0.25) is 0 Å². The quantitative estimate of drug-likeness (QED) is 0.165. The summed E-state index contributed by atoms with van der Waals surface area (Å²) in [6.07, 6.45) is -2.81. The van der Waals surface area contributed by atoms with Crippen LogP contribution < -0.4 is 4.90 Å². The highest BCUT2D eigenvalue weighted by Crippen LogP contribution is 2.32. The first-order chi connectivity index (χ1) is 17.0. The third-order valence-electron chi connectivity index (χ3n) is 5.24. The van der Waals surface area contributed by atoms with Crippen LogP contribution in [-0.4, -0.2) is 53.6 Å². The van der Waals surface area contributed by atoms with Crippen LogP contribution in [-0.2, 0) is 16.2 Å². The van der Waals surface area contributed by atoms with E-state index in [1.165, 1.54) is 12.3 Å². The van der Waals surface area contributed by atoms with Crippen molar-refractivity contribution in [3.05, 3.63) is 41.8 Å². The molecule has 12 heteroatoms. The van der Waals surface area contributed by atoms with E-state index in [9.17, 15) is 18.0 Å². The highest BCUT2D eigenvalue weighted by molar-refractivity contribution is 6.76. The maximum atomic E-state index is 13.4. The minimum Gasteiger partial charge on any atom is -0.443 e. The van der Waals surface area contributed by atoms with Crippen LogP contribution in [0.5, 0.6) is 0 Å². The predicted molar refractivity (Wildman–Crippen MR) is 142 cm³/mol. The van der Waals surface area contributed by atoms with E-state index in [0.717, 1.165) is 16.9 Å². The van der Waals surface area contributed by atoms with Crippen molar-refractivity contribution in [1.29, 1.82) is 0 Å². The lowest BCUT2D eigenvalue weighted by Crippen LogP contribution is -2.42. The van der Waals surface area contributed by atoms with Gasteiger partial charge in [0.05, 0.1) is 11.2 Å². The number of halogens is 4. The highest BCUT2D eigenvalue weighted by atomic mass is 35.5. The molecule has 37 heavy (non-hydrogen) atoms. The molecular formula is C25H32ClF3N4O3Si. The Bertz CT molecular complexity index is 1250. The molecule has 0 unspecified atom stereocenters. The second-order valence-electron chi connectivity index (χ2n) is 11.0. The first kappa shape index (κ1) is 28.9. The molecule has 0 aromatic carbocycles. The molecular weight excluding hydrogens is 525 g/mol. The molecule has 0 atom stereocenters. The molecule has 0 saturated heterocycles. The van der Waals surface area contributed by atoms with Crippen LogP contribution in [0.1, 0.15) is 20.8 Å².